The minimum atomic E-state index is 0.502. The van der Waals surface area contributed by atoms with Gasteiger partial charge in [-0.1, -0.05) is 6.92 Å². The van der Waals surface area contributed by atoms with Gasteiger partial charge in [-0.05, 0) is 26.3 Å². The maximum atomic E-state index is 5.75. The fraction of sp³-hybridized carbons (Fsp3) is 0.571. The molecule has 0 fully saturated rings. The van der Waals surface area contributed by atoms with E-state index in [0.29, 0.717) is 31.6 Å². The number of aryl methyl sites for hydroxylation is 1. The number of nitrogens with one attached hydrogen (secondary N) is 1. The van der Waals surface area contributed by atoms with Crippen LogP contribution in [0, 0.1) is 6.92 Å². The highest BCUT2D eigenvalue weighted by Crippen LogP contribution is 2.30. The van der Waals surface area contributed by atoms with E-state index in [1.807, 2.05) is 6.92 Å². The van der Waals surface area contributed by atoms with E-state index in [0.717, 1.165) is 23.2 Å². The van der Waals surface area contributed by atoms with Crippen LogP contribution >= 0.6 is 11.3 Å². The van der Waals surface area contributed by atoms with Gasteiger partial charge in [0.15, 0.2) is 0 Å². The lowest BCUT2D eigenvalue weighted by atomic mass is 10.3. The number of ether oxygens (including phenoxy) is 2. The fourth-order valence-electron chi connectivity index (χ4n) is 1.78. The van der Waals surface area contributed by atoms with Crippen LogP contribution in [-0.2, 0) is 4.74 Å². The summed E-state index contributed by atoms with van der Waals surface area (Å²) < 4.78 is 11.0. The molecule has 0 aliphatic heterocycles. The van der Waals surface area contributed by atoms with E-state index in [1.54, 1.807) is 11.3 Å². The second kappa shape index (κ2) is 7.40. The molecule has 5 nitrogen and oxygen atoms in total. The van der Waals surface area contributed by atoms with Crippen LogP contribution in [0.2, 0.25) is 0 Å². The molecule has 0 atom stereocenters. The predicted molar refractivity (Wildman–Crippen MR) is 82.9 cm³/mol. The molecule has 6 heteroatoms. The predicted octanol–water partition coefficient (Wildman–Crippen LogP) is 3.24. The highest BCUT2D eigenvalue weighted by molar-refractivity contribution is 7.18. The molecule has 0 aliphatic rings. The second-order valence-electron chi connectivity index (χ2n) is 4.40. The first-order valence-electron chi connectivity index (χ1n) is 6.97. The highest BCUT2D eigenvalue weighted by atomic mass is 32.1. The smallest absolute Gasteiger partial charge is 0.227 e. The van der Waals surface area contributed by atoms with Gasteiger partial charge in [0, 0.05) is 18.0 Å². The SMILES string of the molecule is CCCNc1nc(OCCOCC)c2cc(C)sc2n1. The van der Waals surface area contributed by atoms with Gasteiger partial charge in [0.05, 0.1) is 12.0 Å². The first kappa shape index (κ1) is 15.0. The first-order valence-corrected chi connectivity index (χ1v) is 7.78. The van der Waals surface area contributed by atoms with Gasteiger partial charge in [0.25, 0.3) is 0 Å². The van der Waals surface area contributed by atoms with Crippen LogP contribution in [0.3, 0.4) is 0 Å². The summed E-state index contributed by atoms with van der Waals surface area (Å²) in [6, 6.07) is 2.07. The maximum Gasteiger partial charge on any atom is 0.227 e. The third-order valence-corrected chi connectivity index (χ3v) is 3.63. The topological polar surface area (TPSA) is 56.3 Å². The molecule has 0 aromatic carbocycles. The van der Waals surface area contributed by atoms with Crippen LogP contribution in [0.4, 0.5) is 5.95 Å². The number of rotatable bonds is 8. The lowest BCUT2D eigenvalue weighted by molar-refractivity contribution is 0.109. The molecule has 0 bridgehead atoms. The van der Waals surface area contributed by atoms with Crippen LogP contribution in [0.25, 0.3) is 10.2 Å². The molecule has 0 aliphatic carbocycles. The molecule has 0 radical (unpaired) electrons. The van der Waals surface area contributed by atoms with Crippen molar-refractivity contribution in [2.24, 2.45) is 0 Å². The lowest BCUT2D eigenvalue weighted by Gasteiger charge is -2.09. The molecular weight excluding hydrogens is 274 g/mol. The summed E-state index contributed by atoms with van der Waals surface area (Å²) in [6.45, 7) is 8.77. The Morgan fingerprint density at radius 2 is 2.10 bits per heavy atom. The average Bonchev–Trinajstić information content (AvgIpc) is 2.81. The molecule has 2 aromatic heterocycles. The summed E-state index contributed by atoms with van der Waals surface area (Å²) in [7, 11) is 0. The zero-order valence-electron chi connectivity index (χ0n) is 12.2. The van der Waals surface area contributed by atoms with Gasteiger partial charge in [0.2, 0.25) is 11.8 Å². The standard InChI is InChI=1S/C14H21N3O2S/c1-4-6-15-14-16-12(19-8-7-18-5-2)11-9-10(3)20-13(11)17-14/h9H,4-8H2,1-3H3,(H,15,16,17). The summed E-state index contributed by atoms with van der Waals surface area (Å²) in [5.41, 5.74) is 0. The average molecular weight is 295 g/mol. The van der Waals surface area contributed by atoms with Crippen LogP contribution in [0.1, 0.15) is 25.1 Å². The van der Waals surface area contributed by atoms with Crippen LogP contribution < -0.4 is 10.1 Å². The molecule has 0 saturated heterocycles. The molecule has 110 valence electrons. The van der Waals surface area contributed by atoms with Crippen molar-refractivity contribution in [3.05, 3.63) is 10.9 Å². The number of nitrogens with zero attached hydrogens (tertiary/aromatic N) is 2. The summed E-state index contributed by atoms with van der Waals surface area (Å²) in [4.78, 5) is 11.1. The Hall–Kier alpha value is -1.40. The largest absolute Gasteiger partial charge is 0.475 e. The van der Waals surface area contributed by atoms with Gasteiger partial charge < -0.3 is 14.8 Å². The van der Waals surface area contributed by atoms with Gasteiger partial charge in [-0.2, -0.15) is 4.98 Å². The van der Waals surface area contributed by atoms with E-state index < -0.39 is 0 Å². The summed E-state index contributed by atoms with van der Waals surface area (Å²) in [6.07, 6.45) is 1.03. The Balaban J connectivity index is 2.19. The van der Waals surface area contributed by atoms with Crippen molar-refractivity contribution in [1.82, 2.24) is 9.97 Å². The third-order valence-electron chi connectivity index (χ3n) is 2.68. The van der Waals surface area contributed by atoms with E-state index in [1.165, 1.54) is 4.88 Å². The van der Waals surface area contributed by atoms with Gasteiger partial charge >= 0.3 is 0 Å². The molecule has 2 aromatic rings. The highest BCUT2D eigenvalue weighted by Gasteiger charge is 2.11. The van der Waals surface area contributed by atoms with Crippen molar-refractivity contribution in [2.45, 2.75) is 27.2 Å². The van der Waals surface area contributed by atoms with Gasteiger partial charge in [-0.25, -0.2) is 4.98 Å². The van der Waals surface area contributed by atoms with Crippen molar-refractivity contribution in [2.75, 3.05) is 31.7 Å². The van der Waals surface area contributed by atoms with E-state index >= 15 is 0 Å². The van der Waals surface area contributed by atoms with Crippen molar-refractivity contribution in [3.63, 3.8) is 0 Å². The summed E-state index contributed by atoms with van der Waals surface area (Å²) >= 11 is 1.66. The third kappa shape index (κ3) is 3.80. The van der Waals surface area contributed by atoms with Crippen LogP contribution in [0.15, 0.2) is 6.07 Å². The van der Waals surface area contributed by atoms with Gasteiger partial charge in [0.1, 0.15) is 11.4 Å². The van der Waals surface area contributed by atoms with E-state index in [2.05, 4.69) is 35.2 Å². The lowest BCUT2D eigenvalue weighted by Crippen LogP contribution is -2.09. The molecular formula is C14H21N3O2S. The molecule has 20 heavy (non-hydrogen) atoms. The number of anilines is 1. The normalized spacial score (nSPS) is 10.9. The maximum absolute atomic E-state index is 5.75. The Labute approximate surface area is 123 Å². The number of aromatic nitrogens is 2. The Morgan fingerprint density at radius 1 is 1.25 bits per heavy atom. The first-order chi connectivity index (χ1) is 9.74. The van der Waals surface area contributed by atoms with Crippen LogP contribution in [0.5, 0.6) is 5.88 Å². The Kier molecular flexibility index (Phi) is 5.55. The summed E-state index contributed by atoms with van der Waals surface area (Å²) in [5.74, 6) is 1.27. The minimum absolute atomic E-state index is 0.502. The molecule has 2 rings (SSSR count). The molecule has 1 N–H and O–H groups in total. The van der Waals surface area contributed by atoms with Crippen molar-refractivity contribution >= 4 is 27.5 Å². The van der Waals surface area contributed by atoms with Crippen molar-refractivity contribution in [3.8, 4) is 5.88 Å². The second-order valence-corrected chi connectivity index (χ2v) is 5.64. The van der Waals surface area contributed by atoms with Crippen molar-refractivity contribution < 1.29 is 9.47 Å². The molecule has 0 saturated carbocycles. The van der Waals surface area contributed by atoms with E-state index in [9.17, 15) is 0 Å². The molecule has 0 spiro atoms. The zero-order valence-corrected chi connectivity index (χ0v) is 13.0. The minimum Gasteiger partial charge on any atom is -0.475 e. The van der Waals surface area contributed by atoms with Gasteiger partial charge in [-0.15, -0.1) is 11.3 Å². The Morgan fingerprint density at radius 3 is 2.85 bits per heavy atom. The molecule has 0 unspecified atom stereocenters. The fourth-order valence-corrected chi connectivity index (χ4v) is 2.65. The van der Waals surface area contributed by atoms with E-state index in [4.69, 9.17) is 9.47 Å². The molecule has 0 amide bonds. The van der Waals surface area contributed by atoms with E-state index in [-0.39, 0.29) is 0 Å². The van der Waals surface area contributed by atoms with Crippen molar-refractivity contribution in [1.29, 1.82) is 0 Å². The quantitative estimate of drug-likeness (QED) is 0.758. The number of thiophene rings is 1. The zero-order chi connectivity index (χ0) is 14.4. The number of fused-ring (bicyclic) bond motifs is 1. The number of hydrogen-bond donors (Lipinski definition) is 1. The summed E-state index contributed by atoms with van der Waals surface area (Å²) in [5, 5.41) is 4.19. The monoisotopic (exact) mass is 295 g/mol. The Bertz CT molecular complexity index is 557. The van der Waals surface area contributed by atoms with Crippen LogP contribution in [-0.4, -0.2) is 36.3 Å². The number of hydrogen-bond acceptors (Lipinski definition) is 6. The molecule has 2 heterocycles. The van der Waals surface area contributed by atoms with Gasteiger partial charge in [-0.3, -0.25) is 0 Å².